The van der Waals surface area contributed by atoms with E-state index in [0.29, 0.717) is 30.0 Å². The molecule has 0 bridgehead atoms. The van der Waals surface area contributed by atoms with E-state index in [9.17, 15) is 14.4 Å². The number of carbonyl (C=O) groups is 3. The van der Waals surface area contributed by atoms with Gasteiger partial charge in [0.25, 0.3) is 11.8 Å². The Labute approximate surface area is 159 Å². The number of imide groups is 1. The van der Waals surface area contributed by atoms with Crippen molar-refractivity contribution in [1.29, 1.82) is 0 Å². The number of nitrogens with zero attached hydrogens (tertiary/aromatic N) is 1. The number of benzene rings is 2. The summed E-state index contributed by atoms with van der Waals surface area (Å²) >= 11 is 0. The summed E-state index contributed by atoms with van der Waals surface area (Å²) in [7, 11) is 0. The fraction of sp³-hybridized carbons (Fsp3) is 0.318. The monoisotopic (exact) mass is 364 g/mol. The van der Waals surface area contributed by atoms with Crippen molar-refractivity contribution in [2.24, 2.45) is 5.92 Å². The second-order valence-electron chi connectivity index (χ2n) is 7.20. The molecule has 0 fully saturated rings. The topological polar surface area (TPSA) is 66.5 Å². The van der Waals surface area contributed by atoms with Crippen LogP contribution in [-0.4, -0.2) is 35.2 Å². The molecule has 3 amide bonds. The molecule has 1 heterocycles. The lowest BCUT2D eigenvalue weighted by Gasteiger charge is -2.25. The Kier molecular flexibility index (Phi) is 5.69. The van der Waals surface area contributed by atoms with Crippen molar-refractivity contribution >= 4 is 17.7 Å². The minimum absolute atomic E-state index is 0.291. The van der Waals surface area contributed by atoms with Crippen molar-refractivity contribution in [1.82, 2.24) is 10.2 Å². The van der Waals surface area contributed by atoms with Crippen molar-refractivity contribution in [3.63, 3.8) is 0 Å². The zero-order valence-electron chi connectivity index (χ0n) is 15.6. The summed E-state index contributed by atoms with van der Waals surface area (Å²) < 4.78 is 0. The molecule has 1 N–H and O–H groups in total. The molecule has 1 aliphatic rings. The largest absolute Gasteiger partial charge is 0.354 e. The fourth-order valence-electron chi connectivity index (χ4n) is 3.23. The molecule has 0 spiro atoms. The van der Waals surface area contributed by atoms with Crippen LogP contribution in [0.4, 0.5) is 0 Å². The van der Waals surface area contributed by atoms with Crippen LogP contribution in [0, 0.1) is 5.92 Å². The van der Waals surface area contributed by atoms with Gasteiger partial charge >= 0.3 is 0 Å². The Bertz CT molecular complexity index is 811. The van der Waals surface area contributed by atoms with Gasteiger partial charge in [0.05, 0.1) is 11.1 Å². The van der Waals surface area contributed by atoms with Crippen LogP contribution >= 0.6 is 0 Å². The van der Waals surface area contributed by atoms with Crippen LogP contribution in [0.3, 0.4) is 0 Å². The molecular formula is C22H24N2O3. The number of nitrogens with one attached hydrogen (secondary N) is 1. The Morgan fingerprint density at radius 3 is 2.04 bits per heavy atom. The Balaban J connectivity index is 1.87. The van der Waals surface area contributed by atoms with Gasteiger partial charge < -0.3 is 5.32 Å². The average Bonchev–Trinajstić information content (AvgIpc) is 2.91. The van der Waals surface area contributed by atoms with E-state index in [-0.39, 0.29) is 5.91 Å². The number of carbonyl (C=O) groups excluding carboxylic acids is 3. The molecule has 5 heteroatoms. The smallest absolute Gasteiger partial charge is 0.262 e. The van der Waals surface area contributed by atoms with Gasteiger partial charge in [0.2, 0.25) is 5.91 Å². The highest BCUT2D eigenvalue weighted by atomic mass is 16.2. The van der Waals surface area contributed by atoms with Crippen LogP contribution < -0.4 is 5.32 Å². The zero-order valence-corrected chi connectivity index (χ0v) is 15.6. The minimum Gasteiger partial charge on any atom is -0.354 e. The molecule has 5 nitrogen and oxygen atoms in total. The van der Waals surface area contributed by atoms with E-state index in [4.69, 9.17) is 0 Å². The molecule has 0 aliphatic carbocycles. The lowest BCUT2D eigenvalue weighted by molar-refractivity contribution is -0.125. The van der Waals surface area contributed by atoms with Crippen molar-refractivity contribution in [2.75, 3.05) is 6.54 Å². The second kappa shape index (κ2) is 8.16. The normalized spacial score (nSPS) is 14.4. The minimum atomic E-state index is -0.869. The molecule has 0 saturated heterocycles. The average molecular weight is 364 g/mol. The van der Waals surface area contributed by atoms with E-state index >= 15 is 0 Å². The first kappa shape index (κ1) is 18.8. The van der Waals surface area contributed by atoms with Crippen LogP contribution in [0.15, 0.2) is 54.6 Å². The molecule has 1 atom stereocenters. The predicted molar refractivity (Wildman–Crippen MR) is 103 cm³/mol. The van der Waals surface area contributed by atoms with Crippen molar-refractivity contribution in [3.05, 3.63) is 71.3 Å². The maximum Gasteiger partial charge on any atom is 0.262 e. The van der Waals surface area contributed by atoms with E-state index in [1.165, 1.54) is 0 Å². The molecule has 0 saturated carbocycles. The van der Waals surface area contributed by atoms with Gasteiger partial charge in [-0.3, -0.25) is 19.3 Å². The van der Waals surface area contributed by atoms with Gasteiger partial charge in [-0.1, -0.05) is 56.3 Å². The van der Waals surface area contributed by atoms with Crippen LogP contribution in [0.25, 0.3) is 0 Å². The quantitative estimate of drug-likeness (QED) is 0.768. The summed E-state index contributed by atoms with van der Waals surface area (Å²) in [4.78, 5) is 39.7. The number of fused-ring (bicyclic) bond motifs is 1. The third-order valence-corrected chi connectivity index (χ3v) is 4.73. The molecule has 0 aromatic heterocycles. The highest BCUT2D eigenvalue weighted by Gasteiger charge is 2.42. The molecule has 140 valence electrons. The molecule has 0 radical (unpaired) electrons. The molecule has 1 aliphatic heterocycles. The van der Waals surface area contributed by atoms with Gasteiger partial charge in [0.15, 0.2) is 0 Å². The van der Waals surface area contributed by atoms with Crippen molar-refractivity contribution in [2.45, 2.75) is 32.7 Å². The highest BCUT2D eigenvalue weighted by Crippen LogP contribution is 2.26. The van der Waals surface area contributed by atoms with Gasteiger partial charge in [-0.15, -0.1) is 0 Å². The SMILES string of the molecule is CC(C)CCNC(=O)[C@@H](Cc1ccccc1)N1C(=O)c2ccccc2C1=O. The van der Waals surface area contributed by atoms with E-state index < -0.39 is 17.9 Å². The molecule has 2 aromatic rings. The van der Waals surface area contributed by atoms with Gasteiger partial charge in [-0.2, -0.15) is 0 Å². The number of amides is 3. The third-order valence-electron chi connectivity index (χ3n) is 4.73. The van der Waals surface area contributed by atoms with E-state index in [1.807, 2.05) is 30.3 Å². The molecule has 27 heavy (non-hydrogen) atoms. The van der Waals surface area contributed by atoms with Crippen LogP contribution in [-0.2, 0) is 11.2 Å². The third kappa shape index (κ3) is 4.08. The molecule has 0 unspecified atom stereocenters. The van der Waals surface area contributed by atoms with E-state index in [2.05, 4.69) is 19.2 Å². The van der Waals surface area contributed by atoms with Gasteiger partial charge in [-0.25, -0.2) is 0 Å². The molecule has 3 rings (SSSR count). The first-order valence-electron chi connectivity index (χ1n) is 9.27. The number of rotatable bonds is 7. The van der Waals surface area contributed by atoms with Crippen LogP contribution in [0.2, 0.25) is 0 Å². The highest BCUT2D eigenvalue weighted by molar-refractivity contribution is 6.22. The standard InChI is InChI=1S/C22H24N2O3/c1-15(2)12-13-23-20(25)19(14-16-8-4-3-5-9-16)24-21(26)17-10-6-7-11-18(17)22(24)27/h3-11,15,19H,12-14H2,1-2H3,(H,23,25)/t19-/m1/s1. The second-order valence-corrected chi connectivity index (χ2v) is 7.20. The summed E-state index contributed by atoms with van der Waals surface area (Å²) in [6, 6.07) is 15.3. The molecule has 2 aromatic carbocycles. The number of hydrogen-bond acceptors (Lipinski definition) is 3. The van der Waals surface area contributed by atoms with Gasteiger partial charge in [0.1, 0.15) is 6.04 Å². The maximum absolute atomic E-state index is 12.9. The summed E-state index contributed by atoms with van der Waals surface area (Å²) in [5.41, 5.74) is 1.61. The number of hydrogen-bond donors (Lipinski definition) is 1. The van der Waals surface area contributed by atoms with Gasteiger partial charge in [0, 0.05) is 13.0 Å². The zero-order chi connectivity index (χ0) is 19.4. The first-order valence-corrected chi connectivity index (χ1v) is 9.27. The van der Waals surface area contributed by atoms with E-state index in [0.717, 1.165) is 16.9 Å². The van der Waals surface area contributed by atoms with Crippen LogP contribution in [0.1, 0.15) is 46.5 Å². The van der Waals surface area contributed by atoms with Gasteiger partial charge in [-0.05, 0) is 30.0 Å². The summed E-state index contributed by atoms with van der Waals surface area (Å²) in [6.07, 6.45) is 1.13. The van der Waals surface area contributed by atoms with Crippen LogP contribution in [0.5, 0.6) is 0 Å². The summed E-state index contributed by atoms with van der Waals surface area (Å²) in [5.74, 6) is -0.655. The van der Waals surface area contributed by atoms with Crippen molar-refractivity contribution in [3.8, 4) is 0 Å². The van der Waals surface area contributed by atoms with E-state index in [1.54, 1.807) is 24.3 Å². The molecular weight excluding hydrogens is 340 g/mol. The Morgan fingerprint density at radius 2 is 1.48 bits per heavy atom. The lowest BCUT2D eigenvalue weighted by atomic mass is 10.0. The fourth-order valence-corrected chi connectivity index (χ4v) is 3.23. The Morgan fingerprint density at radius 1 is 0.926 bits per heavy atom. The first-order chi connectivity index (χ1) is 13.0. The summed E-state index contributed by atoms with van der Waals surface area (Å²) in [6.45, 7) is 4.68. The maximum atomic E-state index is 12.9. The Hall–Kier alpha value is -2.95. The summed E-state index contributed by atoms with van der Waals surface area (Å²) in [5, 5.41) is 2.89. The van der Waals surface area contributed by atoms with Crippen molar-refractivity contribution < 1.29 is 14.4 Å². The lowest BCUT2D eigenvalue weighted by Crippen LogP contribution is -2.51. The predicted octanol–water partition coefficient (Wildman–Crippen LogP) is 3.06.